The Morgan fingerprint density at radius 3 is 2.41 bits per heavy atom. The highest BCUT2D eigenvalue weighted by molar-refractivity contribution is 6.19. The van der Waals surface area contributed by atoms with E-state index in [4.69, 9.17) is 4.42 Å². The van der Waals surface area contributed by atoms with Crippen LogP contribution in [0, 0.1) is 5.41 Å². The number of amides is 2. The molecule has 2 amide bonds. The van der Waals surface area contributed by atoms with Crippen LogP contribution in [0.5, 0.6) is 0 Å². The van der Waals surface area contributed by atoms with E-state index in [0.29, 0.717) is 49.4 Å². The summed E-state index contributed by atoms with van der Waals surface area (Å²) in [6, 6.07) is 13.4. The average Bonchev–Trinajstić information content (AvgIpc) is 3.41. The highest BCUT2D eigenvalue weighted by atomic mass is 16.3. The van der Waals surface area contributed by atoms with Gasteiger partial charge in [-0.1, -0.05) is 6.07 Å². The van der Waals surface area contributed by atoms with Crippen molar-refractivity contribution in [1.82, 2.24) is 14.5 Å². The molecule has 0 aliphatic carbocycles. The Bertz CT molecular complexity index is 1570. The predicted octanol–water partition coefficient (Wildman–Crippen LogP) is 4.05. The van der Waals surface area contributed by atoms with Gasteiger partial charge >= 0.3 is 0 Å². The molecule has 4 heterocycles. The number of aromatic nitrogens is 2. The normalized spacial score (nSPS) is 15.2. The number of fused-ring (bicyclic) bond motifs is 2. The van der Waals surface area contributed by atoms with E-state index in [-0.39, 0.29) is 17.4 Å². The number of rotatable bonds is 8. The molecule has 39 heavy (non-hydrogen) atoms. The van der Waals surface area contributed by atoms with Gasteiger partial charge in [0.25, 0.3) is 5.56 Å². The minimum atomic E-state index is -1.15. The zero-order valence-electron chi connectivity index (χ0n) is 22.8. The van der Waals surface area contributed by atoms with Gasteiger partial charge in [-0.15, -0.1) is 0 Å². The first kappa shape index (κ1) is 26.4. The fraction of sp³-hybridized carbons (Fsp3) is 0.333. The molecule has 0 radical (unpaired) electrons. The number of hydrogen-bond acceptors (Lipinski definition) is 6. The van der Waals surface area contributed by atoms with Crippen LogP contribution in [0.2, 0.25) is 0 Å². The standard InChI is InChI=1S/C30H33N5O4/c1-5-35-24-7-6-22(18-25(24)32(4)28(37)30(2,3)29(35)38)20-33(19-21-8-12-31-13-9-21)15-16-34-14-10-26-23(27(34)36)11-17-39-26/h6-14,17-18H,5,15-16,19-20H2,1-4H3. The van der Waals surface area contributed by atoms with Crippen LogP contribution in [-0.2, 0) is 29.2 Å². The molecule has 0 spiro atoms. The molecule has 0 saturated carbocycles. The monoisotopic (exact) mass is 527 g/mol. The van der Waals surface area contributed by atoms with Crippen molar-refractivity contribution < 1.29 is 14.0 Å². The van der Waals surface area contributed by atoms with Gasteiger partial charge in [-0.05, 0) is 68.3 Å². The van der Waals surface area contributed by atoms with E-state index in [9.17, 15) is 14.4 Å². The zero-order valence-corrected chi connectivity index (χ0v) is 22.8. The quantitative estimate of drug-likeness (QED) is 0.321. The molecule has 0 atom stereocenters. The van der Waals surface area contributed by atoms with Gasteiger partial charge in [-0.2, -0.15) is 0 Å². The summed E-state index contributed by atoms with van der Waals surface area (Å²) >= 11 is 0. The lowest BCUT2D eigenvalue weighted by molar-refractivity contribution is -0.137. The van der Waals surface area contributed by atoms with Gasteiger partial charge in [-0.25, -0.2) is 0 Å². The molecule has 0 saturated heterocycles. The molecule has 0 bridgehead atoms. The summed E-state index contributed by atoms with van der Waals surface area (Å²) in [4.78, 5) is 49.1. The van der Waals surface area contributed by atoms with E-state index in [2.05, 4.69) is 9.88 Å². The Morgan fingerprint density at radius 1 is 0.923 bits per heavy atom. The molecule has 4 aromatic rings. The van der Waals surface area contributed by atoms with Crippen molar-refractivity contribution in [1.29, 1.82) is 0 Å². The van der Waals surface area contributed by atoms with Crippen LogP contribution in [0.4, 0.5) is 11.4 Å². The van der Waals surface area contributed by atoms with Crippen molar-refractivity contribution in [2.45, 2.75) is 40.4 Å². The molecule has 1 aliphatic rings. The maximum absolute atomic E-state index is 13.3. The maximum Gasteiger partial charge on any atom is 0.261 e. The Labute approximate surface area is 227 Å². The van der Waals surface area contributed by atoms with E-state index in [0.717, 1.165) is 16.8 Å². The van der Waals surface area contributed by atoms with Crippen LogP contribution in [0.25, 0.3) is 11.0 Å². The van der Waals surface area contributed by atoms with Crippen molar-refractivity contribution in [2.75, 3.05) is 29.9 Å². The molecule has 202 valence electrons. The van der Waals surface area contributed by atoms with E-state index in [1.807, 2.05) is 43.3 Å². The summed E-state index contributed by atoms with van der Waals surface area (Å²) in [5.74, 6) is -0.433. The molecular formula is C30H33N5O4. The SMILES string of the molecule is CCN1C(=O)C(C)(C)C(=O)N(C)c2cc(CN(CCn3ccc4occc4c3=O)Cc3ccncc3)ccc21. The van der Waals surface area contributed by atoms with Gasteiger partial charge in [0.2, 0.25) is 11.8 Å². The maximum atomic E-state index is 13.3. The van der Waals surface area contributed by atoms with Crippen LogP contribution in [0.3, 0.4) is 0 Å². The fourth-order valence-electron chi connectivity index (χ4n) is 5.20. The second kappa shape index (κ2) is 10.5. The summed E-state index contributed by atoms with van der Waals surface area (Å²) in [7, 11) is 1.73. The molecule has 1 aromatic carbocycles. The second-order valence-electron chi connectivity index (χ2n) is 10.4. The average molecular weight is 528 g/mol. The van der Waals surface area contributed by atoms with Gasteiger partial charge in [0.1, 0.15) is 11.0 Å². The summed E-state index contributed by atoms with van der Waals surface area (Å²) in [5, 5.41) is 0.564. The van der Waals surface area contributed by atoms with Gasteiger partial charge in [-0.3, -0.25) is 24.3 Å². The Morgan fingerprint density at radius 2 is 1.67 bits per heavy atom. The van der Waals surface area contributed by atoms with E-state index in [1.54, 1.807) is 59.9 Å². The molecule has 9 nitrogen and oxygen atoms in total. The molecule has 0 fully saturated rings. The molecule has 0 unspecified atom stereocenters. The summed E-state index contributed by atoms with van der Waals surface area (Å²) in [6.45, 7) is 8.12. The van der Waals surface area contributed by atoms with Crippen molar-refractivity contribution in [3.63, 3.8) is 0 Å². The van der Waals surface area contributed by atoms with Gasteiger partial charge in [0, 0.05) is 58.4 Å². The summed E-state index contributed by atoms with van der Waals surface area (Å²) in [5.41, 5.74) is 2.90. The first-order chi connectivity index (χ1) is 18.7. The van der Waals surface area contributed by atoms with Gasteiger partial charge < -0.3 is 18.8 Å². The molecule has 9 heteroatoms. The topological polar surface area (TPSA) is 91.9 Å². The van der Waals surface area contributed by atoms with Crippen LogP contribution in [0.1, 0.15) is 31.9 Å². The van der Waals surface area contributed by atoms with Crippen molar-refractivity contribution in [3.8, 4) is 0 Å². The third-order valence-electron chi connectivity index (χ3n) is 7.44. The lowest BCUT2D eigenvalue weighted by atomic mass is 9.90. The number of carbonyl (C=O) groups excluding carboxylic acids is 2. The van der Waals surface area contributed by atoms with E-state index in [1.165, 1.54) is 6.26 Å². The Hall–Kier alpha value is -4.24. The Balaban J connectivity index is 1.44. The summed E-state index contributed by atoms with van der Waals surface area (Å²) < 4.78 is 7.06. The number of pyridine rings is 2. The zero-order chi connectivity index (χ0) is 27.7. The van der Waals surface area contributed by atoms with Crippen molar-refractivity contribution >= 4 is 34.2 Å². The minimum Gasteiger partial charge on any atom is -0.464 e. The number of anilines is 2. The van der Waals surface area contributed by atoms with Gasteiger partial charge in [0.15, 0.2) is 0 Å². The number of benzene rings is 1. The van der Waals surface area contributed by atoms with E-state index >= 15 is 0 Å². The third-order valence-corrected chi connectivity index (χ3v) is 7.44. The highest BCUT2D eigenvalue weighted by Gasteiger charge is 2.45. The largest absolute Gasteiger partial charge is 0.464 e. The lowest BCUT2D eigenvalue weighted by Gasteiger charge is -2.27. The van der Waals surface area contributed by atoms with Crippen molar-refractivity contribution in [3.05, 3.63) is 88.8 Å². The van der Waals surface area contributed by atoms with Crippen LogP contribution < -0.4 is 15.4 Å². The third kappa shape index (κ3) is 4.97. The number of furan rings is 1. The summed E-state index contributed by atoms with van der Waals surface area (Å²) in [6.07, 6.45) is 6.83. The number of nitrogens with zero attached hydrogens (tertiary/aromatic N) is 5. The Kier molecular flexibility index (Phi) is 7.10. The van der Waals surface area contributed by atoms with Crippen LogP contribution >= 0.6 is 0 Å². The fourth-order valence-corrected chi connectivity index (χ4v) is 5.20. The predicted molar refractivity (Wildman–Crippen MR) is 150 cm³/mol. The number of hydrogen-bond donors (Lipinski definition) is 0. The first-order valence-corrected chi connectivity index (χ1v) is 13.1. The minimum absolute atomic E-state index is 0.0813. The molecular weight excluding hydrogens is 494 g/mol. The molecule has 5 rings (SSSR count). The lowest BCUT2D eigenvalue weighted by Crippen LogP contribution is -2.47. The number of carbonyl (C=O) groups is 2. The van der Waals surface area contributed by atoms with E-state index < -0.39 is 5.41 Å². The molecule has 0 N–H and O–H groups in total. The van der Waals surface area contributed by atoms with Crippen LogP contribution in [-0.4, -0.2) is 46.4 Å². The second-order valence-corrected chi connectivity index (χ2v) is 10.4. The highest BCUT2D eigenvalue weighted by Crippen LogP contribution is 2.39. The van der Waals surface area contributed by atoms with Crippen molar-refractivity contribution in [2.24, 2.45) is 5.41 Å². The first-order valence-electron chi connectivity index (χ1n) is 13.1. The van der Waals surface area contributed by atoms with Crippen LogP contribution in [0.15, 0.2) is 76.5 Å². The molecule has 3 aromatic heterocycles. The van der Waals surface area contributed by atoms with Gasteiger partial charge in [0.05, 0.1) is 23.0 Å². The molecule has 1 aliphatic heterocycles. The smallest absolute Gasteiger partial charge is 0.261 e.